The lowest BCUT2D eigenvalue weighted by Gasteiger charge is -2.06. The molecule has 0 aliphatic carbocycles. The summed E-state index contributed by atoms with van der Waals surface area (Å²) in [5.74, 6) is -1.34. The highest BCUT2D eigenvalue weighted by Gasteiger charge is 2.17. The van der Waals surface area contributed by atoms with Crippen molar-refractivity contribution in [3.05, 3.63) is 42.0 Å². The molecular formula is C11H12O4S. The predicted octanol–water partition coefficient (Wildman–Crippen LogP) is 1.65. The number of sulfone groups is 1. The van der Waals surface area contributed by atoms with E-state index in [1.165, 1.54) is 24.3 Å². The van der Waals surface area contributed by atoms with Crippen molar-refractivity contribution in [1.82, 2.24) is 0 Å². The molecule has 1 aromatic rings. The second-order valence-corrected chi connectivity index (χ2v) is 5.36. The molecule has 0 saturated heterocycles. The first-order valence-electron chi connectivity index (χ1n) is 4.56. The number of rotatable bonds is 4. The van der Waals surface area contributed by atoms with Gasteiger partial charge in [-0.1, -0.05) is 12.1 Å². The third-order valence-corrected chi connectivity index (χ3v) is 3.89. The van der Waals surface area contributed by atoms with Gasteiger partial charge < -0.3 is 5.11 Å². The van der Waals surface area contributed by atoms with Crippen molar-refractivity contribution in [2.45, 2.75) is 11.8 Å². The molecule has 0 aliphatic heterocycles. The van der Waals surface area contributed by atoms with Gasteiger partial charge in [0, 0.05) is 0 Å². The van der Waals surface area contributed by atoms with Gasteiger partial charge in [0.15, 0.2) is 9.84 Å². The van der Waals surface area contributed by atoms with Crippen molar-refractivity contribution in [3.8, 4) is 0 Å². The van der Waals surface area contributed by atoms with Crippen LogP contribution in [0.2, 0.25) is 0 Å². The Morgan fingerprint density at radius 1 is 1.50 bits per heavy atom. The van der Waals surface area contributed by atoms with Crippen molar-refractivity contribution < 1.29 is 18.3 Å². The highest BCUT2D eigenvalue weighted by Crippen LogP contribution is 2.18. The van der Waals surface area contributed by atoms with Crippen molar-refractivity contribution in [2.75, 3.05) is 5.75 Å². The third-order valence-electron chi connectivity index (χ3n) is 2.11. The Labute approximate surface area is 94.1 Å². The molecule has 0 bridgehead atoms. The average molecular weight is 240 g/mol. The van der Waals surface area contributed by atoms with Gasteiger partial charge in [-0.05, 0) is 24.6 Å². The Hall–Kier alpha value is -1.62. The Morgan fingerprint density at radius 2 is 2.12 bits per heavy atom. The number of hydrogen-bond donors (Lipinski definition) is 1. The SMILES string of the molecule is C=CCS(=O)(=O)c1cc(C(=O)O)ccc1C. The summed E-state index contributed by atoms with van der Waals surface area (Å²) in [6, 6.07) is 4.04. The number of hydrogen-bond acceptors (Lipinski definition) is 3. The first-order valence-corrected chi connectivity index (χ1v) is 6.21. The second-order valence-electron chi connectivity index (χ2n) is 3.36. The molecule has 1 aromatic carbocycles. The number of benzene rings is 1. The molecule has 16 heavy (non-hydrogen) atoms. The molecule has 0 spiro atoms. The largest absolute Gasteiger partial charge is 0.478 e. The van der Waals surface area contributed by atoms with Gasteiger partial charge in [-0.25, -0.2) is 13.2 Å². The van der Waals surface area contributed by atoms with E-state index in [4.69, 9.17) is 5.11 Å². The molecule has 5 heteroatoms. The van der Waals surface area contributed by atoms with Crippen LogP contribution in [0.4, 0.5) is 0 Å². The van der Waals surface area contributed by atoms with Crippen molar-refractivity contribution in [2.24, 2.45) is 0 Å². The first-order chi connectivity index (χ1) is 7.38. The van der Waals surface area contributed by atoms with Crippen LogP contribution < -0.4 is 0 Å². The Morgan fingerprint density at radius 3 is 2.62 bits per heavy atom. The second kappa shape index (κ2) is 4.49. The van der Waals surface area contributed by atoms with Crippen LogP contribution in [0.25, 0.3) is 0 Å². The molecule has 0 amide bonds. The van der Waals surface area contributed by atoms with E-state index in [1.807, 2.05) is 0 Å². The fourth-order valence-corrected chi connectivity index (χ4v) is 2.67. The van der Waals surface area contributed by atoms with E-state index in [1.54, 1.807) is 6.92 Å². The number of carboxylic acids is 1. The van der Waals surface area contributed by atoms with Crippen LogP contribution in [0.3, 0.4) is 0 Å². The van der Waals surface area contributed by atoms with E-state index in [0.717, 1.165) is 0 Å². The zero-order valence-corrected chi connectivity index (χ0v) is 9.62. The minimum Gasteiger partial charge on any atom is -0.478 e. The van der Waals surface area contributed by atoms with Crippen LogP contribution in [-0.2, 0) is 9.84 Å². The predicted molar refractivity (Wildman–Crippen MR) is 60.4 cm³/mol. The van der Waals surface area contributed by atoms with Gasteiger partial charge in [0.25, 0.3) is 0 Å². The molecule has 0 fully saturated rings. The van der Waals surface area contributed by atoms with Gasteiger partial charge >= 0.3 is 5.97 Å². The van der Waals surface area contributed by atoms with Gasteiger partial charge in [0.05, 0.1) is 16.2 Å². The molecule has 0 aromatic heterocycles. The van der Waals surface area contributed by atoms with Crippen LogP contribution in [0.15, 0.2) is 35.7 Å². The maximum absolute atomic E-state index is 11.8. The smallest absolute Gasteiger partial charge is 0.335 e. The molecule has 0 radical (unpaired) electrons. The van der Waals surface area contributed by atoms with Gasteiger partial charge in [0.2, 0.25) is 0 Å². The molecule has 86 valence electrons. The fraction of sp³-hybridized carbons (Fsp3) is 0.182. The summed E-state index contributed by atoms with van der Waals surface area (Å²) in [7, 11) is -3.48. The van der Waals surface area contributed by atoms with E-state index in [0.29, 0.717) is 5.56 Å². The maximum atomic E-state index is 11.8. The van der Waals surface area contributed by atoms with E-state index in [9.17, 15) is 13.2 Å². The molecule has 4 nitrogen and oxygen atoms in total. The van der Waals surface area contributed by atoms with Crippen LogP contribution >= 0.6 is 0 Å². The lowest BCUT2D eigenvalue weighted by atomic mass is 10.1. The van der Waals surface area contributed by atoms with Gasteiger partial charge in [-0.2, -0.15) is 0 Å². The molecular weight excluding hydrogens is 228 g/mol. The normalized spacial score (nSPS) is 11.1. The highest BCUT2D eigenvalue weighted by atomic mass is 32.2. The summed E-state index contributed by atoms with van der Waals surface area (Å²) in [5.41, 5.74) is 0.500. The average Bonchev–Trinajstić information content (AvgIpc) is 2.17. The lowest BCUT2D eigenvalue weighted by Crippen LogP contribution is -2.08. The fourth-order valence-electron chi connectivity index (χ4n) is 1.31. The molecule has 0 aliphatic rings. The van der Waals surface area contributed by atoms with Crippen LogP contribution in [0.1, 0.15) is 15.9 Å². The zero-order valence-electron chi connectivity index (χ0n) is 8.80. The van der Waals surface area contributed by atoms with Crippen molar-refractivity contribution in [1.29, 1.82) is 0 Å². The number of carboxylic acid groups (broad SMARTS) is 1. The summed E-state index contributed by atoms with van der Waals surface area (Å²) in [4.78, 5) is 10.8. The number of carbonyl (C=O) groups is 1. The maximum Gasteiger partial charge on any atom is 0.335 e. The molecule has 1 rings (SSSR count). The zero-order chi connectivity index (χ0) is 12.3. The topological polar surface area (TPSA) is 71.4 Å². The van der Waals surface area contributed by atoms with E-state index < -0.39 is 15.8 Å². The molecule has 0 atom stereocenters. The van der Waals surface area contributed by atoms with Crippen LogP contribution in [0.5, 0.6) is 0 Å². The Balaban J connectivity index is 3.38. The monoisotopic (exact) mass is 240 g/mol. The van der Waals surface area contributed by atoms with E-state index in [2.05, 4.69) is 6.58 Å². The number of aryl methyl sites for hydroxylation is 1. The quantitative estimate of drug-likeness (QED) is 0.812. The number of aromatic carboxylic acids is 1. The molecule has 0 heterocycles. The van der Waals surface area contributed by atoms with Crippen molar-refractivity contribution in [3.63, 3.8) is 0 Å². The third kappa shape index (κ3) is 2.49. The minimum absolute atomic E-state index is 0.0340. The van der Waals surface area contributed by atoms with E-state index in [-0.39, 0.29) is 16.2 Å². The van der Waals surface area contributed by atoms with Crippen LogP contribution in [0, 0.1) is 6.92 Å². The summed E-state index contributed by atoms with van der Waals surface area (Å²) < 4.78 is 23.5. The highest BCUT2D eigenvalue weighted by molar-refractivity contribution is 7.91. The summed E-state index contributed by atoms with van der Waals surface area (Å²) in [5, 5.41) is 8.78. The van der Waals surface area contributed by atoms with Crippen molar-refractivity contribution >= 4 is 15.8 Å². The first kappa shape index (κ1) is 12.4. The van der Waals surface area contributed by atoms with E-state index >= 15 is 0 Å². The summed E-state index contributed by atoms with van der Waals surface area (Å²) >= 11 is 0. The Bertz CT molecular complexity index is 529. The Kier molecular flexibility index (Phi) is 3.49. The van der Waals surface area contributed by atoms with Gasteiger partial charge in [-0.15, -0.1) is 6.58 Å². The summed E-state index contributed by atoms with van der Waals surface area (Å²) in [6.07, 6.45) is 1.28. The van der Waals surface area contributed by atoms with Gasteiger partial charge in [0.1, 0.15) is 0 Å². The molecule has 1 N–H and O–H groups in total. The molecule has 0 unspecified atom stereocenters. The lowest BCUT2D eigenvalue weighted by molar-refractivity contribution is 0.0696. The minimum atomic E-state index is -3.48. The van der Waals surface area contributed by atoms with Crippen LogP contribution in [-0.4, -0.2) is 25.2 Å². The summed E-state index contributed by atoms with van der Waals surface area (Å²) in [6.45, 7) is 4.99. The standard InChI is InChI=1S/C11H12O4S/c1-3-6-16(14,15)10-7-9(11(12)13)5-4-8(10)2/h3-5,7H,1,6H2,2H3,(H,12,13). The van der Waals surface area contributed by atoms with Gasteiger partial charge in [-0.3, -0.25) is 0 Å². The molecule has 0 saturated carbocycles.